The Labute approximate surface area is 112 Å². The first-order valence-electron chi connectivity index (χ1n) is 6.90. The first kappa shape index (κ1) is 15.9. The highest BCUT2D eigenvalue weighted by molar-refractivity contribution is 7.88. The lowest BCUT2D eigenvalue weighted by atomic mass is 9.77. The highest BCUT2D eigenvalue weighted by atomic mass is 32.2. The van der Waals surface area contributed by atoms with Crippen LogP contribution in [0.1, 0.15) is 46.5 Å². The van der Waals surface area contributed by atoms with Crippen LogP contribution in [-0.2, 0) is 10.0 Å². The van der Waals surface area contributed by atoms with E-state index in [0.717, 1.165) is 25.7 Å². The van der Waals surface area contributed by atoms with Crippen molar-refractivity contribution in [2.45, 2.75) is 52.0 Å². The number of sulfonamides is 1. The molecule has 5 heteroatoms. The zero-order valence-electron chi connectivity index (χ0n) is 12.1. The quantitative estimate of drug-likeness (QED) is 0.833. The molecular formula is C13H28N2O2S. The molecule has 18 heavy (non-hydrogen) atoms. The molecule has 108 valence electrons. The van der Waals surface area contributed by atoms with E-state index in [1.165, 1.54) is 6.26 Å². The number of hydrogen-bond donors (Lipinski definition) is 1. The summed E-state index contributed by atoms with van der Waals surface area (Å²) < 4.78 is 24.8. The Hall–Kier alpha value is -0.130. The minimum absolute atomic E-state index is 0.195. The summed E-state index contributed by atoms with van der Waals surface area (Å²) in [5, 5.41) is 0. The molecule has 3 unspecified atom stereocenters. The van der Waals surface area contributed by atoms with Gasteiger partial charge in [-0.15, -0.1) is 0 Å². The molecule has 1 aliphatic heterocycles. The molecule has 0 aromatic rings. The Balaban J connectivity index is 2.63. The molecule has 1 aliphatic rings. The van der Waals surface area contributed by atoms with Crippen LogP contribution in [0, 0.1) is 11.8 Å². The van der Waals surface area contributed by atoms with Crippen molar-refractivity contribution < 1.29 is 8.42 Å². The van der Waals surface area contributed by atoms with Gasteiger partial charge < -0.3 is 5.73 Å². The van der Waals surface area contributed by atoms with E-state index in [-0.39, 0.29) is 5.54 Å². The summed E-state index contributed by atoms with van der Waals surface area (Å²) in [6, 6.07) is 0. The van der Waals surface area contributed by atoms with Gasteiger partial charge in [0, 0.05) is 18.6 Å². The molecule has 2 N–H and O–H groups in total. The van der Waals surface area contributed by atoms with Gasteiger partial charge in [-0.1, -0.05) is 20.3 Å². The predicted molar refractivity (Wildman–Crippen MR) is 75.8 cm³/mol. The molecular weight excluding hydrogens is 248 g/mol. The van der Waals surface area contributed by atoms with Gasteiger partial charge in [0.2, 0.25) is 10.0 Å². The molecule has 0 aromatic heterocycles. The number of rotatable bonds is 5. The zero-order chi connectivity index (χ0) is 14.0. The van der Waals surface area contributed by atoms with E-state index in [1.54, 1.807) is 4.31 Å². The molecule has 0 saturated carbocycles. The number of nitrogens with two attached hydrogens (primary N) is 1. The SMILES string of the molecule is CCC(C)C(C)(N)CC1CCCN(S(C)(=O)=O)C1. The Kier molecular flexibility index (Phi) is 5.21. The maximum atomic E-state index is 11.6. The maximum absolute atomic E-state index is 11.6. The van der Waals surface area contributed by atoms with Gasteiger partial charge in [-0.05, 0) is 38.0 Å². The van der Waals surface area contributed by atoms with Gasteiger partial charge in [0.25, 0.3) is 0 Å². The second-order valence-corrected chi connectivity index (χ2v) is 8.13. The van der Waals surface area contributed by atoms with E-state index < -0.39 is 10.0 Å². The van der Waals surface area contributed by atoms with Gasteiger partial charge in [-0.2, -0.15) is 0 Å². The molecule has 0 bridgehead atoms. The van der Waals surface area contributed by atoms with E-state index >= 15 is 0 Å². The van der Waals surface area contributed by atoms with E-state index in [1.807, 2.05) is 0 Å². The second-order valence-electron chi connectivity index (χ2n) is 6.15. The average Bonchev–Trinajstić information content (AvgIpc) is 2.26. The molecule has 1 saturated heterocycles. The standard InChI is InChI=1S/C13H28N2O2S/c1-5-11(2)13(3,14)9-12-7-6-8-15(10-12)18(4,16)17/h11-12H,5-10,14H2,1-4H3. The summed E-state index contributed by atoms with van der Waals surface area (Å²) in [7, 11) is -3.05. The predicted octanol–water partition coefficient (Wildman–Crippen LogP) is 1.81. The van der Waals surface area contributed by atoms with Crippen LogP contribution in [-0.4, -0.2) is 37.6 Å². The van der Waals surface area contributed by atoms with Crippen LogP contribution in [0.25, 0.3) is 0 Å². The lowest BCUT2D eigenvalue weighted by Crippen LogP contribution is -2.48. The minimum atomic E-state index is -3.05. The summed E-state index contributed by atoms with van der Waals surface area (Å²) in [6.07, 6.45) is 5.32. The highest BCUT2D eigenvalue weighted by Gasteiger charge is 2.33. The van der Waals surface area contributed by atoms with Gasteiger partial charge >= 0.3 is 0 Å². The Morgan fingerprint density at radius 2 is 2.11 bits per heavy atom. The highest BCUT2D eigenvalue weighted by Crippen LogP contribution is 2.30. The van der Waals surface area contributed by atoms with Crippen LogP contribution in [0.5, 0.6) is 0 Å². The Bertz CT molecular complexity index is 365. The van der Waals surface area contributed by atoms with Crippen molar-refractivity contribution in [2.75, 3.05) is 19.3 Å². The van der Waals surface area contributed by atoms with E-state index in [4.69, 9.17) is 5.73 Å². The maximum Gasteiger partial charge on any atom is 0.211 e. The van der Waals surface area contributed by atoms with Crippen LogP contribution in [0.2, 0.25) is 0 Å². The van der Waals surface area contributed by atoms with Crippen molar-refractivity contribution in [2.24, 2.45) is 17.6 Å². The molecule has 0 amide bonds. The first-order chi connectivity index (χ1) is 8.16. The monoisotopic (exact) mass is 276 g/mol. The van der Waals surface area contributed by atoms with Crippen molar-refractivity contribution in [1.29, 1.82) is 0 Å². The fourth-order valence-corrected chi connectivity index (χ4v) is 3.73. The third kappa shape index (κ3) is 4.21. The van der Waals surface area contributed by atoms with E-state index in [2.05, 4.69) is 20.8 Å². The fraction of sp³-hybridized carbons (Fsp3) is 1.00. The normalized spacial score (nSPS) is 27.7. The van der Waals surface area contributed by atoms with Crippen molar-refractivity contribution in [1.82, 2.24) is 4.31 Å². The van der Waals surface area contributed by atoms with Crippen molar-refractivity contribution in [3.63, 3.8) is 0 Å². The third-order valence-electron chi connectivity index (χ3n) is 4.42. The number of piperidine rings is 1. The van der Waals surface area contributed by atoms with Crippen LogP contribution in [0.3, 0.4) is 0 Å². The average molecular weight is 276 g/mol. The Morgan fingerprint density at radius 3 is 2.61 bits per heavy atom. The van der Waals surface area contributed by atoms with Crippen molar-refractivity contribution in [3.8, 4) is 0 Å². The minimum Gasteiger partial charge on any atom is -0.325 e. The van der Waals surface area contributed by atoms with Gasteiger partial charge in [0.15, 0.2) is 0 Å². The van der Waals surface area contributed by atoms with E-state index in [9.17, 15) is 8.42 Å². The summed E-state index contributed by atoms with van der Waals surface area (Å²) in [4.78, 5) is 0. The Morgan fingerprint density at radius 1 is 1.50 bits per heavy atom. The van der Waals surface area contributed by atoms with Crippen LogP contribution < -0.4 is 5.73 Å². The number of nitrogens with zero attached hydrogens (tertiary/aromatic N) is 1. The van der Waals surface area contributed by atoms with Crippen LogP contribution in [0.4, 0.5) is 0 Å². The zero-order valence-corrected chi connectivity index (χ0v) is 13.0. The van der Waals surface area contributed by atoms with Gasteiger partial charge in [-0.25, -0.2) is 12.7 Å². The molecule has 0 aliphatic carbocycles. The van der Waals surface area contributed by atoms with Crippen molar-refractivity contribution >= 4 is 10.0 Å². The molecule has 0 spiro atoms. The lowest BCUT2D eigenvalue weighted by molar-refractivity contribution is 0.186. The molecule has 0 aromatic carbocycles. The third-order valence-corrected chi connectivity index (χ3v) is 5.69. The largest absolute Gasteiger partial charge is 0.325 e. The second kappa shape index (κ2) is 5.88. The molecule has 1 fully saturated rings. The molecule has 1 heterocycles. The smallest absolute Gasteiger partial charge is 0.211 e. The van der Waals surface area contributed by atoms with Gasteiger partial charge in [0.05, 0.1) is 6.26 Å². The molecule has 3 atom stereocenters. The van der Waals surface area contributed by atoms with Crippen LogP contribution in [0.15, 0.2) is 0 Å². The molecule has 4 nitrogen and oxygen atoms in total. The molecule has 0 radical (unpaired) electrons. The summed E-state index contributed by atoms with van der Waals surface area (Å²) in [5.74, 6) is 0.864. The van der Waals surface area contributed by atoms with Crippen molar-refractivity contribution in [3.05, 3.63) is 0 Å². The summed E-state index contributed by atoms with van der Waals surface area (Å²) >= 11 is 0. The summed E-state index contributed by atoms with van der Waals surface area (Å²) in [5.41, 5.74) is 6.19. The van der Waals surface area contributed by atoms with E-state index in [0.29, 0.717) is 24.9 Å². The number of hydrogen-bond acceptors (Lipinski definition) is 3. The first-order valence-corrected chi connectivity index (χ1v) is 8.75. The fourth-order valence-electron chi connectivity index (χ4n) is 2.78. The van der Waals surface area contributed by atoms with Gasteiger partial charge in [0.1, 0.15) is 0 Å². The summed E-state index contributed by atoms with van der Waals surface area (Å²) in [6.45, 7) is 7.74. The van der Waals surface area contributed by atoms with Crippen LogP contribution >= 0.6 is 0 Å². The topological polar surface area (TPSA) is 63.4 Å². The van der Waals surface area contributed by atoms with Gasteiger partial charge in [-0.3, -0.25) is 0 Å². The lowest BCUT2D eigenvalue weighted by Gasteiger charge is -2.38. The molecule has 1 rings (SSSR count).